The van der Waals surface area contributed by atoms with Crippen molar-refractivity contribution in [3.8, 4) is 6.07 Å². The van der Waals surface area contributed by atoms with Crippen molar-refractivity contribution in [1.82, 2.24) is 0 Å². The molecule has 1 spiro atoms. The van der Waals surface area contributed by atoms with Crippen LogP contribution in [0.3, 0.4) is 0 Å². The summed E-state index contributed by atoms with van der Waals surface area (Å²) in [5.41, 5.74) is 8.16. The lowest BCUT2D eigenvalue weighted by atomic mass is 9.64. The Hall–Kier alpha value is -3.37. The number of fused-ring (bicyclic) bond motifs is 3. The van der Waals surface area contributed by atoms with E-state index in [1.165, 1.54) is 0 Å². The molecule has 7 heteroatoms. The fraction of sp³-hybridized carbons (Fsp3) is 0.174. The van der Waals surface area contributed by atoms with E-state index in [9.17, 15) is 14.9 Å². The molecule has 2 aliphatic heterocycles. The second-order valence-electron chi connectivity index (χ2n) is 7.53. The lowest BCUT2D eigenvalue weighted by Gasteiger charge is -2.43. The molecule has 0 fully saturated rings. The Morgan fingerprint density at radius 1 is 1.10 bits per heavy atom. The van der Waals surface area contributed by atoms with Gasteiger partial charge >= 0.3 is 0 Å². The number of carbonyl (C=O) groups is 2. The lowest BCUT2D eigenvalue weighted by Crippen LogP contribution is -2.50. The molecule has 0 radical (unpaired) electrons. The van der Waals surface area contributed by atoms with Gasteiger partial charge in [-0.1, -0.05) is 34.1 Å². The van der Waals surface area contributed by atoms with Crippen LogP contribution in [0.4, 0.5) is 11.4 Å². The highest BCUT2D eigenvalue weighted by Crippen LogP contribution is 2.54. The minimum absolute atomic E-state index is 0.0851. The third kappa shape index (κ3) is 2.28. The van der Waals surface area contributed by atoms with Crippen LogP contribution in [0.5, 0.6) is 0 Å². The Balaban J connectivity index is 1.87. The molecule has 3 N–H and O–H groups in total. The zero-order valence-corrected chi connectivity index (χ0v) is 17.5. The van der Waals surface area contributed by atoms with Gasteiger partial charge in [0.05, 0.1) is 5.57 Å². The molecule has 2 aromatic rings. The highest BCUT2D eigenvalue weighted by atomic mass is 79.9. The van der Waals surface area contributed by atoms with Crippen molar-refractivity contribution in [3.63, 3.8) is 0 Å². The lowest BCUT2D eigenvalue weighted by molar-refractivity contribution is -0.122. The smallest absolute Gasteiger partial charge is 0.245 e. The zero-order chi connectivity index (χ0) is 21.0. The Morgan fingerprint density at radius 3 is 2.57 bits per heavy atom. The summed E-state index contributed by atoms with van der Waals surface area (Å²) in [7, 11) is 0. The first-order chi connectivity index (χ1) is 14.5. The van der Waals surface area contributed by atoms with Gasteiger partial charge < -0.3 is 11.1 Å². The van der Waals surface area contributed by atoms with E-state index >= 15 is 0 Å². The summed E-state index contributed by atoms with van der Waals surface area (Å²) < 4.78 is 0.904. The molecule has 2 heterocycles. The molecule has 0 saturated carbocycles. The standard InChI is InChI=1S/C23H17BrN4O2/c24-13-8-10-14(11-9-13)28-18-6-3-7-19(29)20(18)23(16(12-25)21(28)26)15-4-1-2-5-17(15)27-22(23)30/h1-2,4-5,8-11H,3,6-7,26H2,(H,27,30). The van der Waals surface area contributed by atoms with Crippen molar-refractivity contribution in [3.05, 3.63) is 81.2 Å². The molecular formula is C23H17BrN4O2. The second kappa shape index (κ2) is 6.57. The third-order valence-corrected chi connectivity index (χ3v) is 6.55. The van der Waals surface area contributed by atoms with Crippen molar-refractivity contribution in [2.45, 2.75) is 24.7 Å². The number of ketones is 1. The maximum absolute atomic E-state index is 13.4. The van der Waals surface area contributed by atoms with Gasteiger partial charge in [-0.15, -0.1) is 0 Å². The van der Waals surface area contributed by atoms with E-state index < -0.39 is 11.3 Å². The number of halogens is 1. The first kappa shape index (κ1) is 18.6. The van der Waals surface area contributed by atoms with E-state index in [2.05, 4.69) is 27.3 Å². The molecule has 0 bridgehead atoms. The largest absolute Gasteiger partial charge is 0.384 e. The Bertz CT molecular complexity index is 1220. The molecule has 30 heavy (non-hydrogen) atoms. The van der Waals surface area contributed by atoms with Gasteiger partial charge in [0.1, 0.15) is 17.3 Å². The molecule has 0 aromatic heterocycles. The second-order valence-corrected chi connectivity index (χ2v) is 8.45. The van der Waals surface area contributed by atoms with Crippen LogP contribution >= 0.6 is 15.9 Å². The SMILES string of the molecule is N#CC1=C(N)N(c2ccc(Br)cc2)C2=C(C(=O)CCC2)C12C(=O)Nc1ccccc12. The number of Topliss-reactive ketones (excluding diaryl/α,β-unsaturated/α-hetero) is 1. The van der Waals surface area contributed by atoms with E-state index in [1.54, 1.807) is 23.1 Å². The summed E-state index contributed by atoms with van der Waals surface area (Å²) in [6.45, 7) is 0. The number of nitrogens with one attached hydrogen (secondary N) is 1. The fourth-order valence-corrected chi connectivity index (χ4v) is 5.10. The van der Waals surface area contributed by atoms with Crippen LogP contribution in [0.25, 0.3) is 0 Å². The van der Waals surface area contributed by atoms with Crippen molar-refractivity contribution < 1.29 is 9.59 Å². The topological polar surface area (TPSA) is 99.2 Å². The monoisotopic (exact) mass is 460 g/mol. The van der Waals surface area contributed by atoms with Gasteiger partial charge in [-0.2, -0.15) is 5.26 Å². The van der Waals surface area contributed by atoms with Gasteiger partial charge in [0.2, 0.25) is 5.91 Å². The number of para-hydroxylation sites is 1. The molecule has 3 aliphatic rings. The van der Waals surface area contributed by atoms with Crippen LogP contribution in [0, 0.1) is 11.3 Å². The van der Waals surface area contributed by atoms with Crippen molar-refractivity contribution >= 4 is 39.0 Å². The van der Waals surface area contributed by atoms with Crippen LogP contribution in [0.2, 0.25) is 0 Å². The number of anilines is 2. The normalized spacial score (nSPS) is 22.7. The minimum Gasteiger partial charge on any atom is -0.384 e. The summed E-state index contributed by atoms with van der Waals surface area (Å²) in [5.74, 6) is -0.341. The summed E-state index contributed by atoms with van der Waals surface area (Å²) >= 11 is 3.43. The quantitative estimate of drug-likeness (QED) is 0.672. The Morgan fingerprint density at radius 2 is 1.83 bits per heavy atom. The predicted octanol–water partition coefficient (Wildman–Crippen LogP) is 3.86. The van der Waals surface area contributed by atoms with Gasteiger partial charge in [0.25, 0.3) is 0 Å². The van der Waals surface area contributed by atoms with Crippen LogP contribution in [0.1, 0.15) is 24.8 Å². The number of nitriles is 1. The molecule has 5 rings (SSSR count). The number of nitrogens with two attached hydrogens (primary N) is 1. The third-order valence-electron chi connectivity index (χ3n) is 6.02. The number of hydrogen-bond acceptors (Lipinski definition) is 5. The van der Waals surface area contributed by atoms with Gasteiger partial charge in [-0.3, -0.25) is 14.5 Å². The molecule has 1 unspecified atom stereocenters. The number of allylic oxidation sites excluding steroid dienone is 1. The van der Waals surface area contributed by atoms with E-state index in [4.69, 9.17) is 5.73 Å². The zero-order valence-electron chi connectivity index (χ0n) is 15.9. The fourth-order valence-electron chi connectivity index (χ4n) is 4.83. The number of nitrogens with zero attached hydrogens (tertiary/aromatic N) is 2. The molecule has 0 saturated heterocycles. The predicted molar refractivity (Wildman–Crippen MR) is 116 cm³/mol. The molecule has 148 valence electrons. The van der Waals surface area contributed by atoms with E-state index in [0.717, 1.165) is 10.2 Å². The number of hydrogen-bond donors (Lipinski definition) is 2. The van der Waals surface area contributed by atoms with E-state index in [1.807, 2.05) is 30.3 Å². The summed E-state index contributed by atoms with van der Waals surface area (Å²) in [6.07, 6.45) is 1.59. The molecule has 1 atom stereocenters. The maximum atomic E-state index is 13.4. The van der Waals surface area contributed by atoms with Crippen LogP contribution in [0.15, 0.2) is 75.7 Å². The molecule has 2 aromatic carbocycles. The van der Waals surface area contributed by atoms with Gasteiger partial charge in [0.15, 0.2) is 5.78 Å². The highest BCUT2D eigenvalue weighted by Gasteiger charge is 2.59. The first-order valence-electron chi connectivity index (χ1n) is 9.64. The molecule has 6 nitrogen and oxygen atoms in total. The van der Waals surface area contributed by atoms with Crippen molar-refractivity contribution in [2.75, 3.05) is 10.2 Å². The highest BCUT2D eigenvalue weighted by molar-refractivity contribution is 9.10. The average Bonchev–Trinajstić information content (AvgIpc) is 3.02. The van der Waals surface area contributed by atoms with Gasteiger partial charge in [0, 0.05) is 39.1 Å². The van der Waals surface area contributed by atoms with Crippen molar-refractivity contribution in [1.29, 1.82) is 5.26 Å². The van der Waals surface area contributed by atoms with Crippen LogP contribution < -0.4 is 16.0 Å². The molecule has 1 aliphatic carbocycles. The summed E-state index contributed by atoms with van der Waals surface area (Å²) in [5, 5.41) is 13.0. The molecular weight excluding hydrogens is 444 g/mol. The van der Waals surface area contributed by atoms with Gasteiger partial charge in [-0.25, -0.2) is 0 Å². The molecule has 1 amide bonds. The number of amides is 1. The Kier molecular flexibility index (Phi) is 4.09. The minimum atomic E-state index is -1.51. The number of carbonyl (C=O) groups excluding carboxylic acids is 2. The van der Waals surface area contributed by atoms with Gasteiger partial charge in [-0.05, 0) is 43.2 Å². The summed E-state index contributed by atoms with van der Waals surface area (Å²) in [4.78, 5) is 28.5. The first-order valence-corrected chi connectivity index (χ1v) is 10.4. The average molecular weight is 461 g/mol. The van der Waals surface area contributed by atoms with Crippen LogP contribution in [-0.4, -0.2) is 11.7 Å². The van der Waals surface area contributed by atoms with E-state index in [-0.39, 0.29) is 17.2 Å². The summed E-state index contributed by atoms with van der Waals surface area (Å²) in [6, 6.07) is 16.9. The van der Waals surface area contributed by atoms with Crippen LogP contribution in [-0.2, 0) is 15.0 Å². The maximum Gasteiger partial charge on any atom is 0.245 e. The van der Waals surface area contributed by atoms with E-state index in [0.29, 0.717) is 41.8 Å². The Labute approximate surface area is 181 Å². The van der Waals surface area contributed by atoms with Crippen molar-refractivity contribution in [2.24, 2.45) is 5.73 Å². The number of benzene rings is 2. The number of rotatable bonds is 1.